The summed E-state index contributed by atoms with van der Waals surface area (Å²) in [6.45, 7) is 5.69. The minimum atomic E-state index is -1.75. The molecule has 0 unspecified atom stereocenters. The van der Waals surface area contributed by atoms with Crippen molar-refractivity contribution in [1.29, 1.82) is 0 Å². The van der Waals surface area contributed by atoms with E-state index in [0.29, 0.717) is 5.78 Å². The van der Waals surface area contributed by atoms with Gasteiger partial charge in [0.15, 0.2) is 0 Å². The minimum absolute atomic E-state index is 0.471. The third-order valence-corrected chi connectivity index (χ3v) is 3.91. The predicted octanol–water partition coefficient (Wildman–Crippen LogP) is 2.92. The Kier molecular flexibility index (Phi) is 9.98. The van der Waals surface area contributed by atoms with Crippen LogP contribution in [-0.4, -0.2) is 42.0 Å². The summed E-state index contributed by atoms with van der Waals surface area (Å²) < 4.78 is 1.14. The highest BCUT2D eigenvalue weighted by atomic mass is 16.9. The number of likely N-dealkylation sites (tertiary alicyclic amines) is 1. The van der Waals surface area contributed by atoms with E-state index < -0.39 is 5.09 Å². The normalized spacial score (nSPS) is 17.2. The van der Waals surface area contributed by atoms with E-state index in [9.17, 15) is 4.79 Å². The van der Waals surface area contributed by atoms with Crippen molar-refractivity contribution < 1.29 is 14.4 Å². The Bertz CT molecular complexity index is 281. The molecule has 0 aromatic heterocycles. The third kappa shape index (κ3) is 10.7. The number of piperidine rings is 1. The molecular formula is C14H28N2O4. The topological polar surface area (TPSA) is 83.3 Å². The van der Waals surface area contributed by atoms with Crippen molar-refractivity contribution in [2.45, 2.75) is 58.3 Å². The predicted molar refractivity (Wildman–Crippen MR) is 78.8 cm³/mol. The number of nitrogens with zero attached hydrogens (tertiary/aromatic N) is 2. The molecule has 0 spiro atoms. The SMILES string of the molecule is CCCCCCCC[N+]1(C)CCC(=O)CC1.O=[N+]([O-])[O-]. The van der Waals surface area contributed by atoms with Crippen molar-refractivity contribution in [2.75, 3.05) is 26.7 Å². The Morgan fingerprint density at radius 1 is 1.05 bits per heavy atom. The van der Waals surface area contributed by atoms with Crippen LogP contribution in [0, 0.1) is 15.3 Å². The summed E-state index contributed by atoms with van der Waals surface area (Å²) in [5, 5.41) is 14.8. The van der Waals surface area contributed by atoms with Crippen LogP contribution in [0.4, 0.5) is 0 Å². The first-order valence-electron chi connectivity index (χ1n) is 7.56. The molecule has 1 fully saturated rings. The minimum Gasteiger partial charge on any atom is -0.356 e. The number of Topliss-reactive ketones (excluding diaryl/α,β-unsaturated/α-hetero) is 1. The highest BCUT2D eigenvalue weighted by Gasteiger charge is 2.27. The maximum atomic E-state index is 11.2. The summed E-state index contributed by atoms with van der Waals surface area (Å²) in [6, 6.07) is 0. The molecular weight excluding hydrogens is 260 g/mol. The van der Waals surface area contributed by atoms with Crippen molar-refractivity contribution in [3.8, 4) is 0 Å². The van der Waals surface area contributed by atoms with Crippen molar-refractivity contribution in [1.82, 2.24) is 0 Å². The number of quaternary nitrogens is 1. The van der Waals surface area contributed by atoms with E-state index in [4.69, 9.17) is 15.3 Å². The van der Waals surface area contributed by atoms with E-state index in [-0.39, 0.29) is 0 Å². The number of hydrogen-bond donors (Lipinski definition) is 0. The zero-order chi connectivity index (χ0) is 15.4. The Labute approximate surface area is 121 Å². The molecule has 20 heavy (non-hydrogen) atoms. The Morgan fingerprint density at radius 2 is 1.50 bits per heavy atom. The van der Waals surface area contributed by atoms with E-state index in [1.54, 1.807) is 0 Å². The highest BCUT2D eigenvalue weighted by Crippen LogP contribution is 2.16. The van der Waals surface area contributed by atoms with Gasteiger partial charge in [-0.3, -0.25) is 4.79 Å². The molecule has 6 heteroatoms. The van der Waals surface area contributed by atoms with Gasteiger partial charge < -0.3 is 19.8 Å². The second kappa shape index (κ2) is 10.6. The molecule has 1 aliphatic rings. The largest absolute Gasteiger partial charge is 0.356 e. The highest BCUT2D eigenvalue weighted by molar-refractivity contribution is 5.78. The van der Waals surface area contributed by atoms with Crippen molar-refractivity contribution in [2.24, 2.45) is 0 Å². The van der Waals surface area contributed by atoms with E-state index in [2.05, 4.69) is 14.0 Å². The summed E-state index contributed by atoms with van der Waals surface area (Å²) in [6.07, 6.45) is 9.86. The van der Waals surface area contributed by atoms with Crippen LogP contribution in [0.5, 0.6) is 0 Å². The molecule has 118 valence electrons. The van der Waals surface area contributed by atoms with Crippen LogP contribution in [-0.2, 0) is 4.79 Å². The zero-order valence-electron chi connectivity index (χ0n) is 12.8. The van der Waals surface area contributed by atoms with E-state index >= 15 is 0 Å². The van der Waals surface area contributed by atoms with E-state index in [0.717, 1.165) is 30.4 Å². The summed E-state index contributed by atoms with van der Waals surface area (Å²) in [7, 11) is 2.32. The number of hydrogen-bond acceptors (Lipinski definition) is 4. The van der Waals surface area contributed by atoms with Gasteiger partial charge in [-0.1, -0.05) is 32.6 Å². The first-order chi connectivity index (χ1) is 9.39. The van der Waals surface area contributed by atoms with Crippen LogP contribution in [0.15, 0.2) is 0 Å². The lowest BCUT2D eigenvalue weighted by atomic mass is 10.1. The standard InChI is InChI=1S/C14H28NO.NO3/c1-3-4-5-6-7-8-11-15(2)12-9-14(16)10-13-15;2-1(3)4/h3-13H2,1-2H3;/q+1;-1. The molecule has 1 heterocycles. The van der Waals surface area contributed by atoms with Crippen LogP contribution in [0.3, 0.4) is 0 Å². The van der Waals surface area contributed by atoms with Gasteiger partial charge in [0, 0.05) is 0 Å². The summed E-state index contributed by atoms with van der Waals surface area (Å²) in [4.78, 5) is 19.4. The smallest absolute Gasteiger partial charge is 0.144 e. The average Bonchev–Trinajstić information content (AvgIpc) is 2.37. The maximum absolute atomic E-state index is 11.2. The lowest BCUT2D eigenvalue weighted by Gasteiger charge is -2.37. The molecule has 0 bridgehead atoms. The first-order valence-corrected chi connectivity index (χ1v) is 7.56. The van der Waals surface area contributed by atoms with Gasteiger partial charge in [-0.25, -0.2) is 0 Å². The molecule has 0 radical (unpaired) electrons. The van der Waals surface area contributed by atoms with Crippen LogP contribution < -0.4 is 0 Å². The molecule has 0 aromatic carbocycles. The molecule has 0 saturated carbocycles. The fourth-order valence-corrected chi connectivity index (χ4v) is 2.52. The molecule has 0 atom stereocenters. The molecule has 0 aromatic rings. The van der Waals surface area contributed by atoms with Crippen molar-refractivity contribution in [3.05, 3.63) is 15.3 Å². The number of unbranched alkanes of at least 4 members (excludes halogenated alkanes) is 5. The molecule has 1 rings (SSSR count). The Morgan fingerprint density at radius 3 is 2.00 bits per heavy atom. The van der Waals surface area contributed by atoms with Crippen LogP contribution >= 0.6 is 0 Å². The van der Waals surface area contributed by atoms with E-state index in [1.165, 1.54) is 45.1 Å². The van der Waals surface area contributed by atoms with Gasteiger partial charge >= 0.3 is 0 Å². The van der Waals surface area contributed by atoms with Gasteiger partial charge in [-0.15, -0.1) is 0 Å². The second-order valence-corrected chi connectivity index (χ2v) is 5.82. The molecule has 6 nitrogen and oxygen atoms in total. The fourth-order valence-electron chi connectivity index (χ4n) is 2.52. The molecule has 0 N–H and O–H groups in total. The lowest BCUT2D eigenvalue weighted by Crippen LogP contribution is -2.50. The number of rotatable bonds is 7. The van der Waals surface area contributed by atoms with Crippen molar-refractivity contribution >= 4 is 5.78 Å². The van der Waals surface area contributed by atoms with Crippen molar-refractivity contribution in [3.63, 3.8) is 0 Å². The van der Waals surface area contributed by atoms with Gasteiger partial charge in [0.25, 0.3) is 0 Å². The van der Waals surface area contributed by atoms with Gasteiger partial charge in [-0.05, 0) is 12.8 Å². The summed E-state index contributed by atoms with van der Waals surface area (Å²) in [5.74, 6) is 0.471. The van der Waals surface area contributed by atoms with Gasteiger partial charge in [0.1, 0.15) is 5.78 Å². The van der Waals surface area contributed by atoms with Crippen LogP contribution in [0.2, 0.25) is 0 Å². The third-order valence-electron chi connectivity index (χ3n) is 3.91. The summed E-state index contributed by atoms with van der Waals surface area (Å²) >= 11 is 0. The lowest BCUT2D eigenvalue weighted by molar-refractivity contribution is -0.911. The van der Waals surface area contributed by atoms with E-state index in [1.807, 2.05) is 0 Å². The fraction of sp³-hybridized carbons (Fsp3) is 0.929. The molecule has 1 aliphatic heterocycles. The summed E-state index contributed by atoms with van der Waals surface area (Å²) in [5.41, 5.74) is 0. The van der Waals surface area contributed by atoms with Crippen LogP contribution in [0.1, 0.15) is 58.3 Å². The zero-order valence-corrected chi connectivity index (χ0v) is 12.8. The number of carbonyl (C=O) groups is 1. The number of carbonyl (C=O) groups excluding carboxylic acids is 1. The van der Waals surface area contributed by atoms with Gasteiger partial charge in [-0.2, -0.15) is 0 Å². The van der Waals surface area contributed by atoms with Gasteiger partial charge in [0.2, 0.25) is 0 Å². The maximum Gasteiger partial charge on any atom is 0.144 e. The first kappa shape index (κ1) is 18.8. The van der Waals surface area contributed by atoms with Gasteiger partial charge in [0.05, 0.1) is 44.6 Å². The average molecular weight is 288 g/mol. The Hall–Kier alpha value is -1.17. The monoisotopic (exact) mass is 288 g/mol. The molecule has 1 saturated heterocycles. The quantitative estimate of drug-likeness (QED) is 0.312. The molecule has 0 amide bonds. The Balaban J connectivity index is 0.000000796. The van der Waals surface area contributed by atoms with Crippen LogP contribution in [0.25, 0.3) is 0 Å². The second-order valence-electron chi connectivity index (χ2n) is 5.82. The number of ketones is 1. The molecule has 0 aliphatic carbocycles.